The van der Waals surface area contributed by atoms with E-state index in [0.717, 1.165) is 28.6 Å². The zero-order chi connectivity index (χ0) is 16.3. The van der Waals surface area contributed by atoms with Crippen molar-refractivity contribution in [3.63, 3.8) is 0 Å². The molecule has 5 heteroatoms. The number of hydrogen-bond acceptors (Lipinski definition) is 3. The van der Waals surface area contributed by atoms with Crippen LogP contribution in [0.4, 0.5) is 4.79 Å². The van der Waals surface area contributed by atoms with E-state index in [1.807, 2.05) is 43.9 Å². The second-order valence-corrected chi connectivity index (χ2v) is 7.48. The summed E-state index contributed by atoms with van der Waals surface area (Å²) in [6.45, 7) is 6.18. The fourth-order valence-corrected chi connectivity index (χ4v) is 3.02. The van der Waals surface area contributed by atoms with Gasteiger partial charge >= 0.3 is 6.09 Å². The van der Waals surface area contributed by atoms with E-state index in [1.54, 1.807) is 7.11 Å². The Morgan fingerprint density at radius 3 is 2.55 bits per heavy atom. The zero-order valence-electron chi connectivity index (χ0n) is 13.7. The summed E-state index contributed by atoms with van der Waals surface area (Å²) >= 11 is 3.49. The number of amides is 1. The smallest absolute Gasteiger partial charge is 0.410 e. The van der Waals surface area contributed by atoms with Gasteiger partial charge in [-0.25, -0.2) is 4.79 Å². The molecular formula is C17H24BrNO3. The molecule has 22 heavy (non-hydrogen) atoms. The molecule has 1 aliphatic carbocycles. The highest BCUT2D eigenvalue weighted by Gasteiger charge is 2.32. The number of nitrogens with zero attached hydrogens (tertiary/aromatic N) is 1. The lowest BCUT2D eigenvalue weighted by atomic mass is 9.91. The van der Waals surface area contributed by atoms with Crippen LogP contribution in [0.15, 0.2) is 22.7 Å². The standard InChI is InChI=1S/C17H24BrNO3/c1-17(2,3)22-16(20)19(13-8-6-9-13)11-12-7-5-10-14(18)15(12)21-4/h5,7,10,13H,6,8-9,11H2,1-4H3. The van der Waals surface area contributed by atoms with Gasteiger partial charge in [0.1, 0.15) is 11.4 Å². The molecule has 0 aliphatic heterocycles. The van der Waals surface area contributed by atoms with Gasteiger partial charge in [-0.1, -0.05) is 12.1 Å². The number of carbonyl (C=O) groups excluding carboxylic acids is 1. The van der Waals surface area contributed by atoms with E-state index in [1.165, 1.54) is 6.42 Å². The van der Waals surface area contributed by atoms with E-state index in [-0.39, 0.29) is 12.1 Å². The lowest BCUT2D eigenvalue weighted by molar-refractivity contribution is 0.00446. The van der Waals surface area contributed by atoms with Crippen LogP contribution in [0.3, 0.4) is 0 Å². The number of carbonyl (C=O) groups is 1. The molecule has 1 fully saturated rings. The first-order chi connectivity index (χ1) is 10.3. The van der Waals surface area contributed by atoms with E-state index in [0.29, 0.717) is 6.54 Å². The fraction of sp³-hybridized carbons (Fsp3) is 0.588. The van der Waals surface area contributed by atoms with Crippen LogP contribution in [0.25, 0.3) is 0 Å². The highest BCUT2D eigenvalue weighted by Crippen LogP contribution is 2.33. The Kier molecular flexibility index (Phi) is 5.37. The van der Waals surface area contributed by atoms with Gasteiger partial charge in [0.05, 0.1) is 18.1 Å². The normalized spacial score (nSPS) is 15.1. The minimum absolute atomic E-state index is 0.251. The number of hydrogen-bond donors (Lipinski definition) is 0. The number of benzene rings is 1. The predicted octanol–water partition coefficient (Wildman–Crippen LogP) is 4.75. The maximum Gasteiger partial charge on any atom is 0.410 e. The molecule has 0 bridgehead atoms. The van der Waals surface area contributed by atoms with Crippen molar-refractivity contribution in [2.75, 3.05) is 7.11 Å². The highest BCUT2D eigenvalue weighted by atomic mass is 79.9. The van der Waals surface area contributed by atoms with Crippen LogP contribution < -0.4 is 4.74 Å². The Morgan fingerprint density at radius 1 is 1.36 bits per heavy atom. The number of halogens is 1. The Bertz CT molecular complexity index is 535. The first-order valence-corrected chi connectivity index (χ1v) is 8.42. The summed E-state index contributed by atoms with van der Waals surface area (Å²) in [5.41, 5.74) is 0.495. The molecule has 0 saturated heterocycles. The molecule has 1 aliphatic rings. The molecule has 0 aromatic heterocycles. The fourth-order valence-electron chi connectivity index (χ4n) is 2.45. The summed E-state index contributed by atoms with van der Waals surface area (Å²) in [4.78, 5) is 14.4. The molecule has 1 amide bonds. The van der Waals surface area contributed by atoms with E-state index < -0.39 is 5.60 Å². The second kappa shape index (κ2) is 6.90. The van der Waals surface area contributed by atoms with Gasteiger partial charge in [0, 0.05) is 11.6 Å². The van der Waals surface area contributed by atoms with Crippen molar-refractivity contribution in [1.29, 1.82) is 0 Å². The maximum absolute atomic E-state index is 12.5. The van der Waals surface area contributed by atoms with Gasteiger partial charge in [-0.3, -0.25) is 0 Å². The third kappa shape index (κ3) is 4.15. The summed E-state index contributed by atoms with van der Waals surface area (Å²) in [6, 6.07) is 6.14. The SMILES string of the molecule is COc1c(Br)cccc1CN(C(=O)OC(C)(C)C)C1CCC1. The summed E-state index contributed by atoms with van der Waals surface area (Å²) < 4.78 is 11.9. The van der Waals surface area contributed by atoms with Crippen molar-refractivity contribution in [1.82, 2.24) is 4.90 Å². The van der Waals surface area contributed by atoms with Gasteiger partial charge in [-0.2, -0.15) is 0 Å². The van der Waals surface area contributed by atoms with Crippen molar-refractivity contribution in [3.8, 4) is 5.75 Å². The van der Waals surface area contributed by atoms with Gasteiger partial charge in [-0.05, 0) is 62.0 Å². The number of methoxy groups -OCH3 is 1. The summed E-state index contributed by atoms with van der Waals surface area (Å²) in [7, 11) is 1.64. The van der Waals surface area contributed by atoms with Crippen LogP contribution in [-0.4, -0.2) is 29.7 Å². The molecule has 122 valence electrons. The van der Waals surface area contributed by atoms with Crippen LogP contribution in [-0.2, 0) is 11.3 Å². The molecule has 1 aromatic carbocycles. The lowest BCUT2D eigenvalue weighted by Crippen LogP contribution is -2.46. The van der Waals surface area contributed by atoms with E-state index in [2.05, 4.69) is 15.9 Å². The minimum Gasteiger partial charge on any atom is -0.495 e. The molecule has 0 N–H and O–H groups in total. The van der Waals surface area contributed by atoms with Gasteiger partial charge in [0.15, 0.2) is 0 Å². The summed E-state index contributed by atoms with van der Waals surface area (Å²) in [6.07, 6.45) is 2.99. The van der Waals surface area contributed by atoms with Crippen molar-refractivity contribution in [3.05, 3.63) is 28.2 Å². The Balaban J connectivity index is 2.20. The van der Waals surface area contributed by atoms with Crippen LogP contribution in [0, 0.1) is 0 Å². The molecule has 0 atom stereocenters. The summed E-state index contributed by atoms with van der Waals surface area (Å²) in [5, 5.41) is 0. The first kappa shape index (κ1) is 17.1. The molecule has 2 rings (SSSR count). The van der Waals surface area contributed by atoms with E-state index in [4.69, 9.17) is 9.47 Å². The number of para-hydroxylation sites is 1. The minimum atomic E-state index is -0.486. The van der Waals surface area contributed by atoms with Crippen LogP contribution in [0.2, 0.25) is 0 Å². The Morgan fingerprint density at radius 2 is 2.05 bits per heavy atom. The van der Waals surface area contributed by atoms with Crippen molar-refractivity contribution < 1.29 is 14.3 Å². The van der Waals surface area contributed by atoms with E-state index in [9.17, 15) is 4.79 Å². The van der Waals surface area contributed by atoms with Gasteiger partial charge in [0.25, 0.3) is 0 Å². The monoisotopic (exact) mass is 369 g/mol. The Hall–Kier alpha value is -1.23. The third-order valence-corrected chi connectivity index (χ3v) is 4.36. The molecule has 1 saturated carbocycles. The predicted molar refractivity (Wildman–Crippen MR) is 90.1 cm³/mol. The average Bonchev–Trinajstić information content (AvgIpc) is 2.34. The van der Waals surface area contributed by atoms with Gasteiger partial charge < -0.3 is 14.4 Å². The third-order valence-electron chi connectivity index (χ3n) is 3.74. The van der Waals surface area contributed by atoms with Crippen LogP contribution in [0.5, 0.6) is 5.75 Å². The zero-order valence-corrected chi connectivity index (χ0v) is 15.3. The molecule has 1 aromatic rings. The number of ether oxygens (including phenoxy) is 2. The molecule has 0 unspecified atom stereocenters. The molecule has 4 nitrogen and oxygen atoms in total. The maximum atomic E-state index is 12.5. The topological polar surface area (TPSA) is 38.8 Å². The lowest BCUT2D eigenvalue weighted by Gasteiger charge is -2.38. The molecule has 0 radical (unpaired) electrons. The average molecular weight is 370 g/mol. The summed E-state index contributed by atoms with van der Waals surface area (Å²) in [5.74, 6) is 0.774. The number of rotatable bonds is 4. The highest BCUT2D eigenvalue weighted by molar-refractivity contribution is 9.10. The molecule has 0 spiro atoms. The van der Waals surface area contributed by atoms with E-state index >= 15 is 0 Å². The van der Waals surface area contributed by atoms with Gasteiger partial charge in [-0.15, -0.1) is 0 Å². The van der Waals surface area contributed by atoms with Crippen molar-refractivity contribution >= 4 is 22.0 Å². The molecular weight excluding hydrogens is 346 g/mol. The first-order valence-electron chi connectivity index (χ1n) is 7.63. The molecule has 0 heterocycles. The van der Waals surface area contributed by atoms with Crippen molar-refractivity contribution in [2.45, 2.75) is 58.2 Å². The Labute approximate surface area is 140 Å². The quantitative estimate of drug-likeness (QED) is 0.768. The van der Waals surface area contributed by atoms with Crippen LogP contribution >= 0.6 is 15.9 Å². The van der Waals surface area contributed by atoms with Crippen molar-refractivity contribution in [2.24, 2.45) is 0 Å². The van der Waals surface area contributed by atoms with Gasteiger partial charge in [0.2, 0.25) is 0 Å². The second-order valence-electron chi connectivity index (χ2n) is 6.63. The largest absolute Gasteiger partial charge is 0.495 e. The van der Waals surface area contributed by atoms with Crippen LogP contribution in [0.1, 0.15) is 45.6 Å².